The number of carbonyl (C=O) groups is 2. The molecule has 0 bridgehead atoms. The van der Waals surface area contributed by atoms with Crippen molar-refractivity contribution in [1.82, 2.24) is 4.90 Å². The van der Waals surface area contributed by atoms with Crippen LogP contribution in [0.3, 0.4) is 0 Å². The Labute approximate surface area is 137 Å². The summed E-state index contributed by atoms with van der Waals surface area (Å²) in [6, 6.07) is 5.68. The van der Waals surface area contributed by atoms with E-state index < -0.39 is 0 Å². The average molecular weight is 323 g/mol. The molecule has 1 N–H and O–H groups in total. The fraction of sp³-hybridized carbons (Fsp3) is 0.529. The van der Waals surface area contributed by atoms with Crippen LogP contribution in [0, 0.1) is 13.8 Å². The smallest absolute Gasteiger partial charge is 0.307 e. The molecule has 0 radical (unpaired) electrons. The number of aliphatic hydroxyl groups excluding tert-OH is 1. The van der Waals surface area contributed by atoms with Gasteiger partial charge in [0.25, 0.3) is 5.91 Å². The van der Waals surface area contributed by atoms with E-state index in [4.69, 9.17) is 9.84 Å². The van der Waals surface area contributed by atoms with Gasteiger partial charge in [-0.15, -0.1) is 0 Å². The van der Waals surface area contributed by atoms with E-state index in [9.17, 15) is 9.59 Å². The van der Waals surface area contributed by atoms with E-state index in [1.165, 1.54) is 12.0 Å². The summed E-state index contributed by atoms with van der Waals surface area (Å²) in [6.07, 6.45) is 0.577. The lowest BCUT2D eigenvalue weighted by atomic mass is 10.1. The van der Waals surface area contributed by atoms with Crippen molar-refractivity contribution in [3.63, 3.8) is 0 Å². The number of ether oxygens (including phenoxy) is 2. The van der Waals surface area contributed by atoms with Crippen LogP contribution in [0.15, 0.2) is 18.2 Å². The van der Waals surface area contributed by atoms with Gasteiger partial charge >= 0.3 is 5.97 Å². The molecule has 0 aliphatic carbocycles. The summed E-state index contributed by atoms with van der Waals surface area (Å²) in [7, 11) is 1.31. The lowest BCUT2D eigenvalue weighted by molar-refractivity contribution is -0.142. The number of aliphatic hydroxyl groups is 1. The van der Waals surface area contributed by atoms with Crippen LogP contribution in [0.2, 0.25) is 0 Å². The van der Waals surface area contributed by atoms with Gasteiger partial charge in [0.15, 0.2) is 6.61 Å². The topological polar surface area (TPSA) is 76.1 Å². The maximum absolute atomic E-state index is 12.3. The van der Waals surface area contributed by atoms with E-state index in [1.807, 2.05) is 32.0 Å². The third-order valence-corrected chi connectivity index (χ3v) is 3.66. The molecule has 0 heterocycles. The van der Waals surface area contributed by atoms with Gasteiger partial charge in [-0.3, -0.25) is 9.59 Å². The SMILES string of the molecule is COC(=O)CCN(CCCO)C(=O)COc1cccc(C)c1C. The van der Waals surface area contributed by atoms with Gasteiger partial charge in [0, 0.05) is 19.7 Å². The highest BCUT2D eigenvalue weighted by molar-refractivity contribution is 5.78. The highest BCUT2D eigenvalue weighted by atomic mass is 16.5. The molecule has 0 saturated carbocycles. The molecule has 128 valence electrons. The minimum atomic E-state index is -0.373. The van der Waals surface area contributed by atoms with Crippen molar-refractivity contribution >= 4 is 11.9 Å². The maximum Gasteiger partial charge on any atom is 0.307 e. The zero-order valence-corrected chi connectivity index (χ0v) is 14.0. The summed E-state index contributed by atoms with van der Waals surface area (Å²) in [5.74, 6) is 0.0823. The van der Waals surface area contributed by atoms with Gasteiger partial charge in [-0.05, 0) is 37.5 Å². The number of esters is 1. The quantitative estimate of drug-likeness (QED) is 0.696. The molecule has 6 heteroatoms. The lowest BCUT2D eigenvalue weighted by Gasteiger charge is -2.22. The lowest BCUT2D eigenvalue weighted by Crippen LogP contribution is -2.37. The minimum Gasteiger partial charge on any atom is -0.483 e. The van der Waals surface area contributed by atoms with Crippen molar-refractivity contribution in [1.29, 1.82) is 0 Å². The first-order chi connectivity index (χ1) is 11.0. The van der Waals surface area contributed by atoms with Crippen LogP contribution in [-0.2, 0) is 14.3 Å². The second kappa shape index (κ2) is 9.84. The fourth-order valence-corrected chi connectivity index (χ4v) is 2.06. The van der Waals surface area contributed by atoms with Crippen molar-refractivity contribution in [2.24, 2.45) is 0 Å². The van der Waals surface area contributed by atoms with Crippen molar-refractivity contribution in [2.45, 2.75) is 26.7 Å². The molecule has 0 aromatic heterocycles. The number of aryl methyl sites for hydroxylation is 1. The van der Waals surface area contributed by atoms with Crippen molar-refractivity contribution in [3.05, 3.63) is 29.3 Å². The Morgan fingerprint density at radius 3 is 2.61 bits per heavy atom. The number of carbonyl (C=O) groups excluding carboxylic acids is 2. The number of hydrogen-bond donors (Lipinski definition) is 1. The molecule has 1 aromatic rings. The first kappa shape index (κ1) is 19.0. The van der Waals surface area contributed by atoms with Gasteiger partial charge in [0.1, 0.15) is 5.75 Å². The molecule has 1 rings (SSSR count). The average Bonchev–Trinajstić information content (AvgIpc) is 2.55. The minimum absolute atomic E-state index is 0.0140. The van der Waals surface area contributed by atoms with E-state index >= 15 is 0 Å². The number of methoxy groups -OCH3 is 1. The number of benzene rings is 1. The molecule has 0 unspecified atom stereocenters. The van der Waals surface area contributed by atoms with Crippen LogP contribution in [-0.4, -0.2) is 55.3 Å². The summed E-state index contributed by atoms with van der Waals surface area (Å²) in [5, 5.41) is 8.93. The van der Waals surface area contributed by atoms with E-state index in [0.29, 0.717) is 18.7 Å². The second-order valence-electron chi connectivity index (χ2n) is 5.27. The maximum atomic E-state index is 12.3. The third kappa shape index (κ3) is 6.28. The fourth-order valence-electron chi connectivity index (χ4n) is 2.06. The Morgan fingerprint density at radius 1 is 1.22 bits per heavy atom. The standard InChI is InChI=1S/C17H25NO5/c1-13-6-4-7-15(14(13)2)23-12-16(20)18(9-5-11-19)10-8-17(21)22-3/h4,6-7,19H,5,8-12H2,1-3H3. The van der Waals surface area contributed by atoms with Gasteiger partial charge in [-0.1, -0.05) is 12.1 Å². The monoisotopic (exact) mass is 323 g/mol. The van der Waals surface area contributed by atoms with Gasteiger partial charge in [-0.25, -0.2) is 0 Å². The molecule has 1 amide bonds. The Kier molecular flexibility index (Phi) is 8.11. The largest absolute Gasteiger partial charge is 0.483 e. The van der Waals surface area contributed by atoms with Crippen LogP contribution in [0.1, 0.15) is 24.0 Å². The van der Waals surface area contributed by atoms with Crippen molar-refractivity contribution in [3.8, 4) is 5.75 Å². The molecule has 6 nitrogen and oxygen atoms in total. The van der Waals surface area contributed by atoms with Crippen LogP contribution < -0.4 is 4.74 Å². The highest BCUT2D eigenvalue weighted by Gasteiger charge is 2.16. The van der Waals surface area contributed by atoms with Crippen LogP contribution in [0.25, 0.3) is 0 Å². The number of hydrogen-bond acceptors (Lipinski definition) is 5. The Morgan fingerprint density at radius 2 is 1.96 bits per heavy atom. The first-order valence-corrected chi connectivity index (χ1v) is 7.64. The summed E-state index contributed by atoms with van der Waals surface area (Å²) in [5.41, 5.74) is 2.09. The van der Waals surface area contributed by atoms with Crippen molar-refractivity contribution < 1.29 is 24.2 Å². The zero-order valence-electron chi connectivity index (χ0n) is 14.0. The summed E-state index contributed by atoms with van der Waals surface area (Å²) < 4.78 is 10.2. The van der Waals surface area contributed by atoms with E-state index in [2.05, 4.69) is 4.74 Å². The van der Waals surface area contributed by atoms with Crippen LogP contribution in [0.5, 0.6) is 5.75 Å². The molecular formula is C17H25NO5. The van der Waals surface area contributed by atoms with Gasteiger partial charge in [0.05, 0.1) is 13.5 Å². The molecule has 0 atom stereocenters. The van der Waals surface area contributed by atoms with Gasteiger partial charge in [-0.2, -0.15) is 0 Å². The van der Waals surface area contributed by atoms with E-state index in [1.54, 1.807) is 0 Å². The second-order valence-corrected chi connectivity index (χ2v) is 5.27. The highest BCUT2D eigenvalue weighted by Crippen LogP contribution is 2.20. The predicted molar refractivity (Wildman–Crippen MR) is 86.3 cm³/mol. The third-order valence-electron chi connectivity index (χ3n) is 3.66. The molecule has 0 aliphatic rings. The molecule has 1 aromatic carbocycles. The van der Waals surface area contributed by atoms with E-state index in [-0.39, 0.29) is 38.1 Å². The predicted octanol–water partition coefficient (Wildman–Crippen LogP) is 1.46. The van der Waals surface area contributed by atoms with E-state index in [0.717, 1.165) is 11.1 Å². The Balaban J connectivity index is 2.61. The summed E-state index contributed by atoms with van der Waals surface area (Å²) in [4.78, 5) is 25.0. The van der Waals surface area contributed by atoms with Gasteiger partial charge in [0.2, 0.25) is 0 Å². The number of amides is 1. The van der Waals surface area contributed by atoms with Crippen molar-refractivity contribution in [2.75, 3.05) is 33.4 Å². The Hall–Kier alpha value is -2.08. The Bertz CT molecular complexity index is 530. The molecule has 0 saturated heterocycles. The first-order valence-electron chi connectivity index (χ1n) is 7.64. The van der Waals surface area contributed by atoms with Crippen LogP contribution >= 0.6 is 0 Å². The number of nitrogens with zero attached hydrogens (tertiary/aromatic N) is 1. The molecule has 0 spiro atoms. The van der Waals surface area contributed by atoms with Gasteiger partial charge < -0.3 is 19.5 Å². The summed E-state index contributed by atoms with van der Waals surface area (Å²) >= 11 is 0. The molecule has 23 heavy (non-hydrogen) atoms. The normalized spacial score (nSPS) is 10.3. The number of rotatable bonds is 9. The molecule has 0 aliphatic heterocycles. The van der Waals surface area contributed by atoms with Crippen LogP contribution in [0.4, 0.5) is 0 Å². The molecule has 0 fully saturated rings. The zero-order chi connectivity index (χ0) is 17.2. The molecular weight excluding hydrogens is 298 g/mol. The summed E-state index contributed by atoms with van der Waals surface area (Å²) in [6.45, 7) is 4.44.